The van der Waals surface area contributed by atoms with Crippen molar-refractivity contribution in [3.05, 3.63) is 71.8 Å². The normalized spacial score (nSPS) is 14.7. The second-order valence-corrected chi connectivity index (χ2v) is 11.9. The predicted molar refractivity (Wildman–Crippen MR) is 144 cm³/mol. The molecule has 198 valence electrons. The average Bonchev–Trinajstić information content (AvgIpc) is 2.86. The number of unbranched alkanes of at least 4 members (excludes halogenated alkanes) is 3. The van der Waals surface area contributed by atoms with Gasteiger partial charge in [0.2, 0.25) is 5.91 Å². The van der Waals surface area contributed by atoms with Crippen LogP contribution in [0.4, 0.5) is 0 Å². The lowest BCUT2D eigenvalue weighted by molar-refractivity contribution is -0.142. The number of amides is 1. The molecule has 7 nitrogen and oxygen atoms in total. The Morgan fingerprint density at radius 2 is 1.53 bits per heavy atom. The number of carbonyl (C=O) groups is 2. The lowest BCUT2D eigenvalue weighted by atomic mass is 10.0. The van der Waals surface area contributed by atoms with Crippen molar-refractivity contribution in [1.82, 2.24) is 10.4 Å². The van der Waals surface area contributed by atoms with E-state index in [1.165, 1.54) is 0 Å². The van der Waals surface area contributed by atoms with E-state index in [1.54, 1.807) is 0 Å². The second-order valence-electron chi connectivity index (χ2n) is 9.62. The van der Waals surface area contributed by atoms with Crippen LogP contribution in [0.25, 0.3) is 0 Å². The van der Waals surface area contributed by atoms with Gasteiger partial charge >= 0.3 is 5.97 Å². The van der Waals surface area contributed by atoms with Gasteiger partial charge in [-0.1, -0.05) is 101 Å². The first-order valence-electron chi connectivity index (χ1n) is 12.8. The van der Waals surface area contributed by atoms with E-state index in [4.69, 9.17) is 4.52 Å². The fourth-order valence-corrected chi connectivity index (χ4v) is 5.93. The molecular formula is C28H41N2O5P. The zero-order valence-corrected chi connectivity index (χ0v) is 22.6. The molecule has 0 aliphatic carbocycles. The monoisotopic (exact) mass is 516 g/mol. The number of nitrogens with one attached hydrogen (secondary N) is 2. The number of carboxylic acid groups (broad SMARTS) is 1. The summed E-state index contributed by atoms with van der Waals surface area (Å²) in [4.78, 5) is 25.1. The van der Waals surface area contributed by atoms with Gasteiger partial charge in [-0.05, 0) is 36.3 Å². The molecule has 1 unspecified atom stereocenters. The van der Waals surface area contributed by atoms with E-state index < -0.39 is 31.5 Å². The van der Waals surface area contributed by atoms with Crippen LogP contribution in [0.5, 0.6) is 0 Å². The van der Waals surface area contributed by atoms with Crippen molar-refractivity contribution in [2.24, 2.45) is 5.92 Å². The highest BCUT2D eigenvalue weighted by Gasteiger charge is 2.33. The Morgan fingerprint density at radius 1 is 0.917 bits per heavy atom. The number of carbonyl (C=O) groups excluding carboxylic acids is 1. The van der Waals surface area contributed by atoms with Crippen LogP contribution in [0.1, 0.15) is 64.0 Å². The van der Waals surface area contributed by atoms with Gasteiger partial charge in [-0.3, -0.25) is 9.36 Å². The Bertz CT molecular complexity index is 968. The number of rotatable bonds is 17. The molecule has 0 aliphatic heterocycles. The molecule has 0 bridgehead atoms. The third kappa shape index (κ3) is 11.1. The lowest BCUT2D eigenvalue weighted by Crippen LogP contribution is -2.51. The van der Waals surface area contributed by atoms with Crippen LogP contribution in [-0.2, 0) is 31.7 Å². The number of carboxylic acids is 1. The first-order valence-corrected chi connectivity index (χ1v) is 14.7. The van der Waals surface area contributed by atoms with Crippen molar-refractivity contribution < 1.29 is 23.8 Å². The molecule has 2 aromatic carbocycles. The smallest absolute Gasteiger partial charge is 0.326 e. The van der Waals surface area contributed by atoms with Gasteiger partial charge in [-0.25, -0.2) is 9.88 Å². The van der Waals surface area contributed by atoms with E-state index in [0.717, 1.165) is 30.4 Å². The molecule has 0 saturated heterocycles. The van der Waals surface area contributed by atoms with Gasteiger partial charge in [0.25, 0.3) is 7.52 Å². The summed E-state index contributed by atoms with van der Waals surface area (Å²) in [5.74, 6) is -1.49. The first-order chi connectivity index (χ1) is 17.2. The van der Waals surface area contributed by atoms with E-state index >= 15 is 0 Å². The third-order valence-electron chi connectivity index (χ3n) is 5.86. The van der Waals surface area contributed by atoms with Crippen molar-refractivity contribution in [2.45, 2.75) is 78.0 Å². The van der Waals surface area contributed by atoms with Gasteiger partial charge in [0.05, 0.1) is 12.6 Å². The van der Waals surface area contributed by atoms with Gasteiger partial charge in [-0.2, -0.15) is 0 Å². The molecule has 0 fully saturated rings. The highest BCUT2D eigenvalue weighted by Crippen LogP contribution is 2.45. The summed E-state index contributed by atoms with van der Waals surface area (Å²) < 4.78 is 20.0. The van der Waals surface area contributed by atoms with E-state index in [2.05, 4.69) is 17.3 Å². The molecule has 0 saturated carbocycles. The number of hydrogen-bond acceptors (Lipinski definition) is 4. The van der Waals surface area contributed by atoms with Crippen molar-refractivity contribution in [2.75, 3.05) is 6.16 Å². The zero-order valence-electron chi connectivity index (χ0n) is 21.7. The van der Waals surface area contributed by atoms with Crippen LogP contribution in [0, 0.1) is 5.92 Å². The van der Waals surface area contributed by atoms with Gasteiger partial charge in [0.1, 0.15) is 6.04 Å². The Labute approximate surface area is 215 Å². The lowest BCUT2D eigenvalue weighted by Gasteiger charge is -2.27. The summed E-state index contributed by atoms with van der Waals surface area (Å²) in [7, 11) is -3.42. The van der Waals surface area contributed by atoms with Gasteiger partial charge < -0.3 is 14.9 Å². The minimum absolute atomic E-state index is 0.0887. The SMILES string of the molecule is CCCCCCP(=O)(N[C@@H](Cc1ccccc1)C(=O)N[C@@H](CC(C)C)C(=O)O)OCc1ccccc1. The Kier molecular flexibility index (Phi) is 12.9. The molecule has 0 heterocycles. The highest BCUT2D eigenvalue weighted by atomic mass is 31.2. The van der Waals surface area contributed by atoms with Gasteiger partial charge in [-0.15, -0.1) is 0 Å². The van der Waals surface area contributed by atoms with Crippen LogP contribution < -0.4 is 10.4 Å². The molecule has 3 atom stereocenters. The first kappa shape index (κ1) is 29.8. The van der Waals surface area contributed by atoms with Crippen molar-refractivity contribution in [3.8, 4) is 0 Å². The fourth-order valence-electron chi connectivity index (χ4n) is 3.92. The van der Waals surface area contributed by atoms with E-state index in [1.807, 2.05) is 74.5 Å². The predicted octanol–water partition coefficient (Wildman–Crippen LogP) is 5.79. The summed E-state index contributed by atoms with van der Waals surface area (Å²) in [6.45, 7) is 6.08. The molecule has 1 amide bonds. The molecule has 0 radical (unpaired) electrons. The summed E-state index contributed by atoms with van der Waals surface area (Å²) in [5, 5.41) is 15.4. The van der Waals surface area contributed by atoms with Crippen LogP contribution in [-0.4, -0.2) is 35.2 Å². The number of benzene rings is 2. The topological polar surface area (TPSA) is 105 Å². The summed E-state index contributed by atoms with van der Waals surface area (Å²) in [5.41, 5.74) is 1.77. The van der Waals surface area contributed by atoms with Crippen molar-refractivity contribution in [3.63, 3.8) is 0 Å². The van der Waals surface area contributed by atoms with E-state index in [9.17, 15) is 19.3 Å². The molecule has 2 aromatic rings. The molecule has 36 heavy (non-hydrogen) atoms. The van der Waals surface area contributed by atoms with Crippen molar-refractivity contribution >= 4 is 19.4 Å². The third-order valence-corrected chi connectivity index (χ3v) is 8.02. The van der Waals surface area contributed by atoms with Crippen LogP contribution in [0.15, 0.2) is 60.7 Å². The fraction of sp³-hybridized carbons (Fsp3) is 0.500. The van der Waals surface area contributed by atoms with Crippen molar-refractivity contribution in [1.29, 1.82) is 0 Å². The maximum absolute atomic E-state index is 14.0. The number of hydrogen-bond donors (Lipinski definition) is 3. The van der Waals surface area contributed by atoms with Gasteiger partial charge in [0.15, 0.2) is 0 Å². The molecule has 3 N–H and O–H groups in total. The maximum atomic E-state index is 14.0. The number of aliphatic carboxylic acids is 1. The summed E-state index contributed by atoms with van der Waals surface area (Å²) >= 11 is 0. The standard InChI is InChI=1S/C28H41N2O5P/c1-4-5-6-13-18-36(34,35-21-24-16-11-8-12-17-24)30-25(20-23-14-9-7-10-15-23)27(31)29-26(28(32)33)19-22(2)3/h7-12,14-17,22,25-26H,4-6,13,18-21H2,1-3H3,(H,29,31)(H,30,34)(H,32,33)/t25-,26-,36?/m0/s1. The van der Waals surface area contributed by atoms with E-state index in [0.29, 0.717) is 19.0 Å². The molecule has 0 spiro atoms. The highest BCUT2D eigenvalue weighted by molar-refractivity contribution is 7.56. The van der Waals surface area contributed by atoms with Gasteiger partial charge in [0, 0.05) is 6.16 Å². The zero-order chi connectivity index (χ0) is 26.4. The molecule has 0 aliphatic rings. The average molecular weight is 517 g/mol. The second kappa shape index (κ2) is 15.6. The molecule has 2 rings (SSSR count). The largest absolute Gasteiger partial charge is 0.480 e. The minimum atomic E-state index is -3.42. The molecular weight excluding hydrogens is 475 g/mol. The molecule has 8 heteroatoms. The summed E-state index contributed by atoms with van der Waals surface area (Å²) in [6, 6.07) is 17.0. The molecule has 0 aromatic heterocycles. The van der Waals surface area contributed by atoms with Crippen LogP contribution >= 0.6 is 7.52 Å². The Balaban J connectivity index is 2.26. The quantitative estimate of drug-likeness (QED) is 0.182. The Hall–Kier alpha value is -2.47. The van der Waals surface area contributed by atoms with E-state index in [-0.39, 0.29) is 18.9 Å². The Morgan fingerprint density at radius 3 is 2.08 bits per heavy atom. The maximum Gasteiger partial charge on any atom is 0.326 e. The minimum Gasteiger partial charge on any atom is -0.480 e. The van der Waals surface area contributed by atoms with Crippen LogP contribution in [0.2, 0.25) is 0 Å². The van der Waals surface area contributed by atoms with Crippen LogP contribution in [0.3, 0.4) is 0 Å². The summed E-state index contributed by atoms with van der Waals surface area (Å²) in [6.07, 6.45) is 4.56.